The number of hydrogen-bond acceptors (Lipinski definition) is 4. The maximum atomic E-state index is 12.6. The Labute approximate surface area is 144 Å². The van der Waals surface area contributed by atoms with Gasteiger partial charge in [-0.05, 0) is 37.1 Å². The van der Waals surface area contributed by atoms with Crippen molar-refractivity contribution in [1.82, 2.24) is 9.21 Å². The molecule has 1 aromatic carbocycles. The van der Waals surface area contributed by atoms with Gasteiger partial charge in [-0.3, -0.25) is 4.79 Å². The van der Waals surface area contributed by atoms with Crippen LogP contribution in [0.1, 0.15) is 12.8 Å². The lowest BCUT2D eigenvalue weighted by molar-refractivity contribution is -0.142. The van der Waals surface area contributed by atoms with Gasteiger partial charge in [0.25, 0.3) is 5.91 Å². The van der Waals surface area contributed by atoms with Crippen LogP contribution in [-0.2, 0) is 19.6 Å². The summed E-state index contributed by atoms with van der Waals surface area (Å²) < 4.78 is 32.9. The van der Waals surface area contributed by atoms with Crippen LogP contribution in [0.4, 0.5) is 0 Å². The van der Waals surface area contributed by atoms with Gasteiger partial charge in [-0.25, -0.2) is 8.42 Å². The Balaban J connectivity index is 1.64. The molecule has 2 aliphatic rings. The van der Waals surface area contributed by atoms with Crippen molar-refractivity contribution in [1.29, 1.82) is 0 Å². The van der Waals surface area contributed by atoms with Gasteiger partial charge in [0.2, 0.25) is 10.0 Å². The van der Waals surface area contributed by atoms with Crippen molar-refractivity contribution >= 4 is 31.9 Å². The Hall–Kier alpha value is -0.960. The van der Waals surface area contributed by atoms with Crippen LogP contribution in [0, 0.1) is 0 Å². The van der Waals surface area contributed by atoms with E-state index in [0.29, 0.717) is 32.8 Å². The summed E-state index contributed by atoms with van der Waals surface area (Å²) >= 11 is 3.30. The zero-order chi connectivity index (χ0) is 16.4. The summed E-state index contributed by atoms with van der Waals surface area (Å²) in [4.78, 5) is 14.3. The minimum Gasteiger partial charge on any atom is -0.368 e. The van der Waals surface area contributed by atoms with E-state index in [1.807, 2.05) is 0 Å². The van der Waals surface area contributed by atoms with E-state index in [4.69, 9.17) is 4.74 Å². The molecule has 0 spiro atoms. The number of nitrogens with zero attached hydrogens (tertiary/aromatic N) is 2. The van der Waals surface area contributed by atoms with Crippen LogP contribution in [0.3, 0.4) is 0 Å². The molecule has 8 heteroatoms. The van der Waals surface area contributed by atoms with Crippen molar-refractivity contribution < 1.29 is 17.9 Å². The maximum absolute atomic E-state index is 12.6. The second-order valence-corrected chi connectivity index (χ2v) is 8.54. The van der Waals surface area contributed by atoms with E-state index in [1.165, 1.54) is 4.31 Å². The molecule has 23 heavy (non-hydrogen) atoms. The smallest absolute Gasteiger partial charge is 0.251 e. The standard InChI is InChI=1S/C15H19BrN2O4S/c16-12-3-5-13(6-4-12)23(20,21)18-9-7-17(8-10-18)15(19)14-2-1-11-22-14/h3-6,14H,1-2,7-11H2/t14-/m0/s1. The lowest BCUT2D eigenvalue weighted by Crippen LogP contribution is -2.52. The number of amides is 1. The van der Waals surface area contributed by atoms with Crippen molar-refractivity contribution in [2.45, 2.75) is 23.8 Å². The summed E-state index contributed by atoms with van der Waals surface area (Å²) in [6.45, 7) is 2.09. The first-order valence-corrected chi connectivity index (χ1v) is 9.88. The number of rotatable bonds is 3. The van der Waals surface area contributed by atoms with Gasteiger partial charge >= 0.3 is 0 Å². The van der Waals surface area contributed by atoms with Crippen molar-refractivity contribution in [2.24, 2.45) is 0 Å². The average Bonchev–Trinajstić information content (AvgIpc) is 3.09. The number of sulfonamides is 1. The summed E-state index contributed by atoms with van der Waals surface area (Å²) in [5.74, 6) is -0.0109. The number of piperazine rings is 1. The van der Waals surface area contributed by atoms with Gasteiger partial charge in [-0.2, -0.15) is 4.31 Å². The van der Waals surface area contributed by atoms with E-state index in [-0.39, 0.29) is 16.9 Å². The first-order valence-electron chi connectivity index (χ1n) is 7.64. The molecule has 2 fully saturated rings. The number of hydrogen-bond donors (Lipinski definition) is 0. The largest absolute Gasteiger partial charge is 0.368 e. The number of carbonyl (C=O) groups is 1. The first-order chi connectivity index (χ1) is 11.0. The highest BCUT2D eigenvalue weighted by Gasteiger charge is 2.33. The minimum atomic E-state index is -3.50. The Morgan fingerprint density at radius 1 is 1.13 bits per heavy atom. The summed E-state index contributed by atoms with van der Waals surface area (Å²) in [6, 6.07) is 6.60. The monoisotopic (exact) mass is 402 g/mol. The van der Waals surface area contributed by atoms with Crippen LogP contribution in [-0.4, -0.2) is 62.4 Å². The molecule has 0 N–H and O–H groups in total. The number of benzene rings is 1. The lowest BCUT2D eigenvalue weighted by atomic mass is 10.2. The molecule has 3 rings (SSSR count). The highest BCUT2D eigenvalue weighted by atomic mass is 79.9. The molecule has 0 radical (unpaired) electrons. The van der Waals surface area contributed by atoms with Crippen molar-refractivity contribution in [3.8, 4) is 0 Å². The topological polar surface area (TPSA) is 66.9 Å². The van der Waals surface area contributed by atoms with Crippen LogP contribution in [0.5, 0.6) is 0 Å². The predicted octanol–water partition coefficient (Wildman–Crippen LogP) is 1.46. The Bertz CT molecular complexity index is 663. The third kappa shape index (κ3) is 3.60. The molecule has 0 aromatic heterocycles. The molecular weight excluding hydrogens is 384 g/mol. The normalized spacial score (nSPS) is 23.2. The summed E-state index contributed by atoms with van der Waals surface area (Å²) in [5, 5.41) is 0. The number of carbonyl (C=O) groups excluding carboxylic acids is 1. The predicted molar refractivity (Wildman–Crippen MR) is 88.5 cm³/mol. The number of halogens is 1. The fourth-order valence-corrected chi connectivity index (χ4v) is 4.57. The second kappa shape index (κ2) is 6.88. The molecule has 1 aromatic rings. The number of ether oxygens (including phenoxy) is 1. The molecule has 6 nitrogen and oxygen atoms in total. The molecule has 2 aliphatic heterocycles. The van der Waals surface area contributed by atoms with E-state index >= 15 is 0 Å². The summed E-state index contributed by atoms with van der Waals surface area (Å²) in [5.41, 5.74) is 0. The SMILES string of the molecule is O=C([C@@H]1CCCO1)N1CCN(S(=O)(=O)c2ccc(Br)cc2)CC1. The highest BCUT2D eigenvalue weighted by molar-refractivity contribution is 9.10. The first kappa shape index (κ1) is 16.9. The molecule has 2 heterocycles. The Morgan fingerprint density at radius 2 is 1.78 bits per heavy atom. The van der Waals surface area contributed by atoms with Crippen LogP contribution in [0.25, 0.3) is 0 Å². The van der Waals surface area contributed by atoms with E-state index in [0.717, 1.165) is 17.3 Å². The van der Waals surface area contributed by atoms with Crippen molar-refractivity contribution in [2.75, 3.05) is 32.8 Å². The average molecular weight is 403 g/mol. The van der Waals surface area contributed by atoms with Crippen LogP contribution >= 0.6 is 15.9 Å². The van der Waals surface area contributed by atoms with Crippen molar-refractivity contribution in [3.63, 3.8) is 0 Å². The maximum Gasteiger partial charge on any atom is 0.251 e. The second-order valence-electron chi connectivity index (χ2n) is 5.68. The van der Waals surface area contributed by atoms with Crippen LogP contribution in [0.2, 0.25) is 0 Å². The molecule has 0 aliphatic carbocycles. The van der Waals surface area contributed by atoms with E-state index in [9.17, 15) is 13.2 Å². The van der Waals surface area contributed by atoms with Gasteiger partial charge in [0.1, 0.15) is 6.10 Å². The van der Waals surface area contributed by atoms with Crippen LogP contribution in [0.15, 0.2) is 33.6 Å². The van der Waals surface area contributed by atoms with Gasteiger partial charge in [-0.1, -0.05) is 15.9 Å². The van der Waals surface area contributed by atoms with E-state index in [1.54, 1.807) is 29.2 Å². The van der Waals surface area contributed by atoms with E-state index < -0.39 is 10.0 Å². The molecule has 1 amide bonds. The molecule has 2 saturated heterocycles. The van der Waals surface area contributed by atoms with E-state index in [2.05, 4.69) is 15.9 Å². The summed E-state index contributed by atoms with van der Waals surface area (Å²) in [6.07, 6.45) is 1.33. The quantitative estimate of drug-likeness (QED) is 0.767. The van der Waals surface area contributed by atoms with Crippen molar-refractivity contribution in [3.05, 3.63) is 28.7 Å². The highest BCUT2D eigenvalue weighted by Crippen LogP contribution is 2.21. The fourth-order valence-electron chi connectivity index (χ4n) is 2.88. The molecule has 0 unspecified atom stereocenters. The van der Waals surface area contributed by atoms with Gasteiger partial charge in [0, 0.05) is 37.3 Å². The van der Waals surface area contributed by atoms with Gasteiger partial charge in [-0.15, -0.1) is 0 Å². The lowest BCUT2D eigenvalue weighted by Gasteiger charge is -2.35. The Kier molecular flexibility index (Phi) is 5.05. The molecular formula is C15H19BrN2O4S. The summed E-state index contributed by atoms with van der Waals surface area (Å²) in [7, 11) is -3.50. The van der Waals surface area contributed by atoms with Gasteiger partial charge < -0.3 is 9.64 Å². The fraction of sp³-hybridized carbons (Fsp3) is 0.533. The molecule has 0 saturated carbocycles. The van der Waals surface area contributed by atoms with Crippen LogP contribution < -0.4 is 0 Å². The molecule has 1 atom stereocenters. The third-order valence-electron chi connectivity index (χ3n) is 4.21. The molecule has 0 bridgehead atoms. The Morgan fingerprint density at radius 3 is 2.35 bits per heavy atom. The van der Waals surface area contributed by atoms with Gasteiger partial charge in [0.05, 0.1) is 4.90 Å². The third-order valence-corrected chi connectivity index (χ3v) is 6.65. The zero-order valence-corrected chi connectivity index (χ0v) is 15.1. The molecule has 126 valence electrons. The van der Waals surface area contributed by atoms with Gasteiger partial charge in [0.15, 0.2) is 0 Å². The minimum absolute atomic E-state index is 0.0109. The zero-order valence-electron chi connectivity index (χ0n) is 12.7.